The van der Waals surface area contributed by atoms with Gasteiger partial charge < -0.3 is 14.8 Å². The Bertz CT molecular complexity index is 489. The van der Waals surface area contributed by atoms with Gasteiger partial charge in [-0.05, 0) is 31.0 Å². The number of carbonyl (C=O) groups is 1. The Morgan fingerprint density at radius 3 is 2.70 bits per heavy atom. The minimum absolute atomic E-state index is 0.203. The maximum Gasteiger partial charge on any atom is 0.252 e. The number of nitrogens with one attached hydrogen (secondary N) is 1. The average Bonchev–Trinajstić information content (AvgIpc) is 2.43. The van der Waals surface area contributed by atoms with Crippen molar-refractivity contribution in [2.24, 2.45) is 5.92 Å². The number of ether oxygens (including phenoxy) is 2. The lowest BCUT2D eigenvalue weighted by Crippen LogP contribution is -2.23. The first-order chi connectivity index (χ1) is 9.58. The largest absolute Gasteiger partial charge is 0.490 e. The van der Waals surface area contributed by atoms with Gasteiger partial charge in [0.2, 0.25) is 0 Å². The molecule has 0 saturated carbocycles. The summed E-state index contributed by atoms with van der Waals surface area (Å²) in [5.74, 6) is 3.78. The molecule has 1 aromatic rings. The van der Waals surface area contributed by atoms with Gasteiger partial charge in [-0.15, -0.1) is 6.42 Å². The third kappa shape index (κ3) is 4.85. The van der Waals surface area contributed by atoms with Gasteiger partial charge in [-0.1, -0.05) is 19.8 Å². The van der Waals surface area contributed by atoms with E-state index < -0.39 is 0 Å². The van der Waals surface area contributed by atoms with Crippen LogP contribution in [0.15, 0.2) is 18.2 Å². The summed E-state index contributed by atoms with van der Waals surface area (Å²) < 4.78 is 11.2. The molecule has 0 bridgehead atoms. The van der Waals surface area contributed by atoms with E-state index in [0.717, 1.165) is 0 Å². The summed E-state index contributed by atoms with van der Waals surface area (Å²) >= 11 is 0. The Labute approximate surface area is 120 Å². The van der Waals surface area contributed by atoms with Crippen LogP contribution >= 0.6 is 0 Å². The number of rotatable bonds is 7. The summed E-state index contributed by atoms with van der Waals surface area (Å²) in [7, 11) is 0. The highest BCUT2D eigenvalue weighted by molar-refractivity contribution is 5.95. The van der Waals surface area contributed by atoms with Crippen molar-refractivity contribution in [1.82, 2.24) is 5.32 Å². The summed E-state index contributed by atoms with van der Waals surface area (Å²) in [6, 6.07) is 5.12. The van der Waals surface area contributed by atoms with Crippen LogP contribution in [0.4, 0.5) is 0 Å². The van der Waals surface area contributed by atoms with Crippen molar-refractivity contribution in [2.45, 2.75) is 20.8 Å². The van der Waals surface area contributed by atoms with E-state index >= 15 is 0 Å². The molecule has 0 aliphatic heterocycles. The van der Waals surface area contributed by atoms with Gasteiger partial charge in [-0.25, -0.2) is 0 Å². The van der Waals surface area contributed by atoms with Crippen molar-refractivity contribution in [2.75, 3.05) is 19.8 Å². The summed E-state index contributed by atoms with van der Waals surface area (Å²) in [6.07, 6.45) is 5.12. The molecular weight excluding hydrogens is 254 g/mol. The van der Waals surface area contributed by atoms with Crippen molar-refractivity contribution in [3.63, 3.8) is 0 Å². The van der Waals surface area contributed by atoms with Crippen molar-refractivity contribution in [1.29, 1.82) is 0 Å². The zero-order chi connectivity index (χ0) is 15.0. The lowest BCUT2D eigenvalue weighted by atomic mass is 10.2. The highest BCUT2D eigenvalue weighted by atomic mass is 16.5. The van der Waals surface area contributed by atoms with Crippen molar-refractivity contribution < 1.29 is 14.3 Å². The quantitative estimate of drug-likeness (QED) is 0.778. The summed E-state index contributed by atoms with van der Waals surface area (Å²) in [4.78, 5) is 11.8. The van der Waals surface area contributed by atoms with E-state index in [9.17, 15) is 4.79 Å². The molecule has 0 aliphatic carbocycles. The molecule has 0 aliphatic rings. The molecule has 0 aromatic heterocycles. The van der Waals surface area contributed by atoms with Crippen LogP contribution in [0.2, 0.25) is 0 Å². The summed E-state index contributed by atoms with van der Waals surface area (Å²) in [5, 5.41) is 2.62. The maximum atomic E-state index is 11.8. The van der Waals surface area contributed by atoms with Gasteiger partial charge in [0.15, 0.2) is 11.5 Å². The Morgan fingerprint density at radius 1 is 1.35 bits per heavy atom. The Morgan fingerprint density at radius 2 is 2.10 bits per heavy atom. The van der Waals surface area contributed by atoms with E-state index in [4.69, 9.17) is 15.9 Å². The minimum atomic E-state index is -0.223. The molecule has 0 saturated heterocycles. The zero-order valence-corrected chi connectivity index (χ0v) is 12.2. The van der Waals surface area contributed by atoms with Crippen LogP contribution in [0.3, 0.4) is 0 Å². The third-order valence-electron chi connectivity index (χ3n) is 2.43. The normalized spacial score (nSPS) is 9.95. The van der Waals surface area contributed by atoms with Crippen molar-refractivity contribution >= 4 is 5.91 Å². The number of hydrogen-bond acceptors (Lipinski definition) is 3. The number of benzene rings is 1. The van der Waals surface area contributed by atoms with E-state index in [0.29, 0.717) is 36.2 Å². The Balaban J connectivity index is 2.88. The first kappa shape index (κ1) is 15.9. The Kier molecular flexibility index (Phi) is 6.45. The highest BCUT2D eigenvalue weighted by Crippen LogP contribution is 2.28. The molecule has 0 unspecified atom stereocenters. The fourth-order valence-corrected chi connectivity index (χ4v) is 1.53. The minimum Gasteiger partial charge on any atom is -0.490 e. The van der Waals surface area contributed by atoms with Gasteiger partial charge in [-0.3, -0.25) is 4.79 Å². The first-order valence-electron chi connectivity index (χ1n) is 6.69. The van der Waals surface area contributed by atoms with Gasteiger partial charge >= 0.3 is 0 Å². The van der Waals surface area contributed by atoms with Crippen LogP contribution in [0.1, 0.15) is 31.1 Å². The van der Waals surface area contributed by atoms with Gasteiger partial charge in [0.25, 0.3) is 5.91 Å². The molecule has 1 rings (SSSR count). The zero-order valence-electron chi connectivity index (χ0n) is 12.2. The summed E-state index contributed by atoms with van der Waals surface area (Å²) in [5.41, 5.74) is 0.501. The van der Waals surface area contributed by atoms with Crippen LogP contribution in [0.25, 0.3) is 0 Å². The third-order valence-corrected chi connectivity index (χ3v) is 2.43. The van der Waals surface area contributed by atoms with Crippen LogP contribution in [-0.2, 0) is 0 Å². The van der Waals surface area contributed by atoms with Crippen LogP contribution in [-0.4, -0.2) is 25.7 Å². The second-order valence-corrected chi connectivity index (χ2v) is 4.69. The molecule has 4 heteroatoms. The van der Waals surface area contributed by atoms with E-state index in [-0.39, 0.29) is 12.5 Å². The molecule has 0 heterocycles. The average molecular weight is 275 g/mol. The number of hydrogen-bond donors (Lipinski definition) is 1. The highest BCUT2D eigenvalue weighted by Gasteiger charge is 2.11. The molecule has 4 nitrogen and oxygen atoms in total. The molecule has 0 spiro atoms. The standard InChI is InChI=1S/C16H21NO3/c1-5-9-17-16(18)13-7-8-14(20-11-12(3)4)15(10-13)19-6-2/h1,7-8,10,12H,6,9,11H2,2-4H3,(H,17,18). The molecule has 0 radical (unpaired) electrons. The first-order valence-corrected chi connectivity index (χ1v) is 6.69. The van der Waals surface area contributed by atoms with Gasteiger partial charge in [0.05, 0.1) is 19.8 Å². The molecule has 108 valence electrons. The van der Waals surface area contributed by atoms with Crippen molar-refractivity contribution in [3.8, 4) is 23.8 Å². The van der Waals surface area contributed by atoms with Crippen LogP contribution in [0.5, 0.6) is 11.5 Å². The predicted molar refractivity (Wildman–Crippen MR) is 79.1 cm³/mol. The molecule has 1 N–H and O–H groups in total. The second-order valence-electron chi connectivity index (χ2n) is 4.69. The Hall–Kier alpha value is -2.15. The SMILES string of the molecule is C#CCNC(=O)c1ccc(OCC(C)C)c(OCC)c1. The monoisotopic (exact) mass is 275 g/mol. The van der Waals surface area contributed by atoms with E-state index in [2.05, 4.69) is 25.1 Å². The smallest absolute Gasteiger partial charge is 0.252 e. The van der Waals surface area contributed by atoms with Crippen LogP contribution < -0.4 is 14.8 Å². The summed E-state index contributed by atoms with van der Waals surface area (Å²) in [6.45, 7) is 7.34. The lowest BCUT2D eigenvalue weighted by Gasteiger charge is -2.14. The lowest BCUT2D eigenvalue weighted by molar-refractivity contribution is 0.0958. The molecule has 0 atom stereocenters. The predicted octanol–water partition coefficient (Wildman–Crippen LogP) is 2.48. The van der Waals surface area contributed by atoms with E-state index in [1.54, 1.807) is 18.2 Å². The number of carbonyl (C=O) groups excluding carboxylic acids is 1. The van der Waals surface area contributed by atoms with Gasteiger partial charge in [0.1, 0.15) is 0 Å². The molecule has 20 heavy (non-hydrogen) atoms. The van der Waals surface area contributed by atoms with E-state index in [1.807, 2.05) is 6.92 Å². The van der Waals surface area contributed by atoms with Crippen LogP contribution in [0, 0.1) is 18.3 Å². The van der Waals surface area contributed by atoms with Gasteiger partial charge in [0, 0.05) is 5.56 Å². The topological polar surface area (TPSA) is 47.6 Å². The molecule has 0 fully saturated rings. The second kappa shape index (κ2) is 8.11. The van der Waals surface area contributed by atoms with E-state index in [1.165, 1.54) is 0 Å². The maximum absolute atomic E-state index is 11.8. The number of amides is 1. The van der Waals surface area contributed by atoms with Gasteiger partial charge in [-0.2, -0.15) is 0 Å². The molecule has 1 aromatic carbocycles. The number of terminal acetylenes is 1. The molecule has 1 amide bonds. The fraction of sp³-hybridized carbons (Fsp3) is 0.438. The fourth-order valence-electron chi connectivity index (χ4n) is 1.53. The van der Waals surface area contributed by atoms with Crippen molar-refractivity contribution in [3.05, 3.63) is 23.8 Å². The molecular formula is C16H21NO3.